The van der Waals surface area contributed by atoms with Crippen LogP contribution in [0.5, 0.6) is 5.75 Å². The molecule has 34 heavy (non-hydrogen) atoms. The first kappa shape index (κ1) is 20.1. The van der Waals surface area contributed by atoms with Gasteiger partial charge in [-0.1, -0.05) is 72.8 Å². The van der Waals surface area contributed by atoms with Crippen molar-refractivity contribution in [3.8, 4) is 39.4 Å². The summed E-state index contributed by atoms with van der Waals surface area (Å²) in [6.07, 6.45) is 0. The highest BCUT2D eigenvalue weighted by atomic mass is 16.5. The summed E-state index contributed by atoms with van der Waals surface area (Å²) in [5, 5.41) is 1.98. The molecule has 0 saturated carbocycles. The lowest BCUT2D eigenvalue weighted by molar-refractivity contribution is 0.415. The Morgan fingerprint density at radius 3 is 1.44 bits per heavy atom. The summed E-state index contributed by atoms with van der Waals surface area (Å²) in [6.45, 7) is 0. The zero-order valence-electron chi connectivity index (χ0n) is 18.6. The SMILES string of the molecule is COc1ccc(-c2c3ccc(-c4ccccc4)nc3nc3nc(-c4ccccc4)ccc23)cc1. The summed E-state index contributed by atoms with van der Waals surface area (Å²) < 4.78 is 5.37. The molecule has 3 aromatic heterocycles. The van der Waals surface area contributed by atoms with Gasteiger partial charge in [0.15, 0.2) is 11.3 Å². The summed E-state index contributed by atoms with van der Waals surface area (Å²) in [7, 11) is 1.68. The van der Waals surface area contributed by atoms with Crippen LogP contribution in [0.15, 0.2) is 109 Å². The minimum atomic E-state index is 0.678. The highest BCUT2D eigenvalue weighted by Crippen LogP contribution is 2.36. The summed E-state index contributed by atoms with van der Waals surface area (Å²) in [5.41, 5.74) is 7.39. The van der Waals surface area contributed by atoms with E-state index in [1.807, 2.05) is 48.5 Å². The zero-order valence-corrected chi connectivity index (χ0v) is 18.6. The maximum absolute atomic E-state index is 5.37. The molecule has 6 aromatic rings. The van der Waals surface area contributed by atoms with E-state index in [0.717, 1.165) is 50.2 Å². The molecule has 4 heteroatoms. The Morgan fingerprint density at radius 2 is 0.971 bits per heavy atom. The van der Waals surface area contributed by atoms with Gasteiger partial charge in [0, 0.05) is 27.5 Å². The maximum Gasteiger partial charge on any atom is 0.162 e. The Bertz CT molecular complexity index is 1520. The van der Waals surface area contributed by atoms with Crippen LogP contribution in [0.25, 0.3) is 55.7 Å². The average Bonchev–Trinajstić information content (AvgIpc) is 2.92. The molecule has 3 aromatic carbocycles. The second-order valence-corrected chi connectivity index (χ2v) is 8.08. The number of hydrogen-bond donors (Lipinski definition) is 0. The van der Waals surface area contributed by atoms with Crippen LogP contribution in [0.3, 0.4) is 0 Å². The number of fused-ring (bicyclic) bond motifs is 2. The van der Waals surface area contributed by atoms with Crippen molar-refractivity contribution in [1.29, 1.82) is 0 Å². The van der Waals surface area contributed by atoms with Crippen LogP contribution in [-0.4, -0.2) is 22.1 Å². The quantitative estimate of drug-likeness (QED) is 0.273. The molecule has 0 bridgehead atoms. The molecule has 0 aliphatic rings. The van der Waals surface area contributed by atoms with E-state index in [2.05, 4.69) is 60.7 Å². The number of rotatable bonds is 4. The summed E-state index contributed by atoms with van der Waals surface area (Å²) in [5.74, 6) is 0.820. The van der Waals surface area contributed by atoms with Gasteiger partial charge in [0.2, 0.25) is 0 Å². The molecule has 0 aliphatic heterocycles. The lowest BCUT2D eigenvalue weighted by atomic mass is 9.97. The summed E-state index contributed by atoms with van der Waals surface area (Å²) >= 11 is 0. The summed E-state index contributed by atoms with van der Waals surface area (Å²) in [4.78, 5) is 14.8. The molecule has 0 saturated heterocycles. The van der Waals surface area contributed by atoms with Crippen LogP contribution in [0.4, 0.5) is 0 Å². The Kier molecular flexibility index (Phi) is 4.96. The average molecular weight is 440 g/mol. The van der Waals surface area contributed by atoms with Gasteiger partial charge in [0.1, 0.15) is 5.75 Å². The first-order valence-electron chi connectivity index (χ1n) is 11.2. The number of ether oxygens (including phenoxy) is 1. The minimum absolute atomic E-state index is 0.678. The first-order valence-corrected chi connectivity index (χ1v) is 11.2. The monoisotopic (exact) mass is 439 g/mol. The van der Waals surface area contributed by atoms with Crippen LogP contribution in [0.2, 0.25) is 0 Å². The van der Waals surface area contributed by atoms with Gasteiger partial charge in [-0.15, -0.1) is 0 Å². The molecule has 0 aliphatic carbocycles. The van der Waals surface area contributed by atoms with E-state index in [-0.39, 0.29) is 0 Å². The molecule has 0 radical (unpaired) electrons. The zero-order chi connectivity index (χ0) is 22.9. The van der Waals surface area contributed by atoms with Crippen molar-refractivity contribution in [2.24, 2.45) is 0 Å². The van der Waals surface area contributed by atoms with E-state index >= 15 is 0 Å². The Balaban J connectivity index is 1.63. The van der Waals surface area contributed by atoms with Gasteiger partial charge in [-0.2, -0.15) is 0 Å². The molecule has 0 spiro atoms. The second kappa shape index (κ2) is 8.41. The van der Waals surface area contributed by atoms with Crippen molar-refractivity contribution in [1.82, 2.24) is 15.0 Å². The van der Waals surface area contributed by atoms with Crippen LogP contribution < -0.4 is 4.74 Å². The standard InChI is InChI=1S/C30H21N3O/c1-34-23-14-12-22(13-15-23)28-24-16-18-26(20-8-4-2-5-9-20)31-29(24)33-30-25(28)17-19-27(32-30)21-10-6-3-7-11-21/h2-19H,1H3. The highest BCUT2D eigenvalue weighted by Gasteiger charge is 2.15. The maximum atomic E-state index is 5.37. The van der Waals surface area contributed by atoms with E-state index in [1.165, 1.54) is 0 Å². The Labute approximate surface area is 197 Å². The lowest BCUT2D eigenvalue weighted by Crippen LogP contribution is -1.96. The third-order valence-corrected chi connectivity index (χ3v) is 6.02. The van der Waals surface area contributed by atoms with E-state index in [0.29, 0.717) is 11.3 Å². The van der Waals surface area contributed by atoms with Gasteiger partial charge in [-0.3, -0.25) is 0 Å². The Hall–Kier alpha value is -4.57. The molecule has 6 rings (SSSR count). The van der Waals surface area contributed by atoms with E-state index < -0.39 is 0 Å². The van der Waals surface area contributed by atoms with Gasteiger partial charge in [-0.05, 0) is 42.0 Å². The van der Waals surface area contributed by atoms with Gasteiger partial charge >= 0.3 is 0 Å². The number of hydrogen-bond acceptors (Lipinski definition) is 4. The third kappa shape index (κ3) is 3.55. The largest absolute Gasteiger partial charge is 0.497 e. The van der Waals surface area contributed by atoms with E-state index in [9.17, 15) is 0 Å². The second-order valence-electron chi connectivity index (χ2n) is 8.08. The number of methoxy groups -OCH3 is 1. The summed E-state index contributed by atoms with van der Waals surface area (Å²) in [6, 6.07) is 36.8. The predicted octanol–water partition coefficient (Wildman–Crippen LogP) is 7.19. The molecule has 0 fully saturated rings. The molecule has 0 unspecified atom stereocenters. The fourth-order valence-electron chi connectivity index (χ4n) is 4.31. The Morgan fingerprint density at radius 1 is 0.471 bits per heavy atom. The van der Waals surface area contributed by atoms with Crippen LogP contribution in [-0.2, 0) is 0 Å². The van der Waals surface area contributed by atoms with Crippen molar-refractivity contribution >= 4 is 22.1 Å². The van der Waals surface area contributed by atoms with Gasteiger partial charge in [-0.25, -0.2) is 15.0 Å². The number of aromatic nitrogens is 3. The highest BCUT2D eigenvalue weighted by molar-refractivity contribution is 6.08. The predicted molar refractivity (Wildman–Crippen MR) is 138 cm³/mol. The van der Waals surface area contributed by atoms with Crippen LogP contribution in [0.1, 0.15) is 0 Å². The normalized spacial score (nSPS) is 11.1. The topological polar surface area (TPSA) is 47.9 Å². The minimum Gasteiger partial charge on any atom is -0.497 e. The van der Waals surface area contributed by atoms with Crippen molar-refractivity contribution in [3.63, 3.8) is 0 Å². The molecular formula is C30H21N3O. The van der Waals surface area contributed by atoms with Crippen molar-refractivity contribution in [2.75, 3.05) is 7.11 Å². The van der Waals surface area contributed by atoms with E-state index in [1.54, 1.807) is 7.11 Å². The lowest BCUT2D eigenvalue weighted by Gasteiger charge is -2.13. The molecule has 162 valence electrons. The number of pyridine rings is 3. The molecule has 0 atom stereocenters. The fraction of sp³-hybridized carbons (Fsp3) is 0.0333. The van der Waals surface area contributed by atoms with Gasteiger partial charge in [0.05, 0.1) is 18.5 Å². The number of nitrogens with zero attached hydrogens (tertiary/aromatic N) is 3. The van der Waals surface area contributed by atoms with Gasteiger partial charge < -0.3 is 4.74 Å². The number of benzene rings is 3. The molecular weight excluding hydrogens is 418 g/mol. The van der Waals surface area contributed by atoms with Crippen LogP contribution in [0, 0.1) is 0 Å². The molecule has 0 amide bonds. The smallest absolute Gasteiger partial charge is 0.162 e. The first-order chi connectivity index (χ1) is 16.8. The molecule has 4 nitrogen and oxygen atoms in total. The van der Waals surface area contributed by atoms with E-state index in [4.69, 9.17) is 19.7 Å². The molecule has 3 heterocycles. The molecule has 0 N–H and O–H groups in total. The fourth-order valence-corrected chi connectivity index (χ4v) is 4.31. The van der Waals surface area contributed by atoms with Crippen molar-refractivity contribution in [2.45, 2.75) is 0 Å². The van der Waals surface area contributed by atoms with Gasteiger partial charge in [0.25, 0.3) is 0 Å². The van der Waals surface area contributed by atoms with Crippen LogP contribution >= 0.6 is 0 Å². The third-order valence-electron chi connectivity index (χ3n) is 6.02. The van der Waals surface area contributed by atoms with Crippen molar-refractivity contribution in [3.05, 3.63) is 109 Å². The van der Waals surface area contributed by atoms with Crippen molar-refractivity contribution < 1.29 is 4.74 Å².